The van der Waals surface area contributed by atoms with Gasteiger partial charge in [0, 0.05) is 32.6 Å². The first kappa shape index (κ1) is 15.4. The van der Waals surface area contributed by atoms with Crippen molar-refractivity contribution in [1.29, 1.82) is 0 Å². The molecule has 1 saturated heterocycles. The highest BCUT2D eigenvalue weighted by molar-refractivity contribution is 5.96. The van der Waals surface area contributed by atoms with Crippen molar-refractivity contribution < 1.29 is 19.5 Å². The Labute approximate surface area is 112 Å². The van der Waals surface area contributed by atoms with Gasteiger partial charge in [-0.2, -0.15) is 0 Å². The normalized spacial score (nSPS) is 17.1. The molecule has 1 heterocycles. The molecule has 2 N–H and O–H groups in total. The van der Waals surface area contributed by atoms with Crippen LogP contribution in [0.25, 0.3) is 0 Å². The Kier molecular flexibility index (Phi) is 4.88. The second-order valence-electron chi connectivity index (χ2n) is 5.51. The van der Waals surface area contributed by atoms with Crippen molar-refractivity contribution >= 4 is 17.9 Å². The molecule has 0 unspecified atom stereocenters. The number of nitrogens with one attached hydrogen (secondary N) is 1. The summed E-state index contributed by atoms with van der Waals surface area (Å²) in [5, 5.41) is 11.2. The molecular formula is C12H21N3O4. The standard InChI is InChI=1S/C12H21N3O4/c1-12(2,10(17)18)8-9(16)13-11(19)15-6-4-14(3)5-7-15/h4-8H2,1-3H3,(H,17,18)(H,13,16,19). The van der Waals surface area contributed by atoms with E-state index in [-0.39, 0.29) is 6.42 Å². The van der Waals surface area contributed by atoms with Crippen molar-refractivity contribution in [3.63, 3.8) is 0 Å². The van der Waals surface area contributed by atoms with Gasteiger partial charge in [-0.15, -0.1) is 0 Å². The SMILES string of the molecule is CN1CCN(C(=O)NC(=O)CC(C)(C)C(=O)O)CC1. The fourth-order valence-electron chi connectivity index (χ4n) is 1.73. The third-order valence-corrected chi connectivity index (χ3v) is 3.22. The van der Waals surface area contributed by atoms with Crippen LogP contribution in [-0.2, 0) is 9.59 Å². The molecular weight excluding hydrogens is 250 g/mol. The third kappa shape index (κ3) is 4.51. The summed E-state index contributed by atoms with van der Waals surface area (Å²) < 4.78 is 0. The zero-order valence-electron chi connectivity index (χ0n) is 11.6. The lowest BCUT2D eigenvalue weighted by Crippen LogP contribution is -2.52. The van der Waals surface area contributed by atoms with Gasteiger partial charge in [0.2, 0.25) is 5.91 Å². The van der Waals surface area contributed by atoms with E-state index in [0.29, 0.717) is 13.1 Å². The minimum atomic E-state index is -1.17. The number of imide groups is 1. The molecule has 0 saturated carbocycles. The predicted octanol–water partition coefficient (Wildman–Crippen LogP) is -0.0291. The van der Waals surface area contributed by atoms with Crippen LogP contribution in [0.15, 0.2) is 0 Å². The molecule has 1 aliphatic rings. The maximum absolute atomic E-state index is 11.8. The van der Waals surface area contributed by atoms with Crippen molar-refractivity contribution in [1.82, 2.24) is 15.1 Å². The minimum absolute atomic E-state index is 0.220. The summed E-state index contributed by atoms with van der Waals surface area (Å²) in [6, 6.07) is -0.445. The Hall–Kier alpha value is -1.63. The monoisotopic (exact) mass is 271 g/mol. The number of hydrogen-bond acceptors (Lipinski definition) is 4. The van der Waals surface area contributed by atoms with Gasteiger partial charge in [0.1, 0.15) is 0 Å². The maximum Gasteiger partial charge on any atom is 0.324 e. The van der Waals surface area contributed by atoms with E-state index in [2.05, 4.69) is 10.2 Å². The zero-order chi connectivity index (χ0) is 14.6. The first-order valence-electron chi connectivity index (χ1n) is 6.23. The van der Waals surface area contributed by atoms with Crippen LogP contribution >= 0.6 is 0 Å². The van der Waals surface area contributed by atoms with Gasteiger partial charge in [0.05, 0.1) is 5.41 Å². The number of aliphatic carboxylic acids is 1. The van der Waals surface area contributed by atoms with Gasteiger partial charge >= 0.3 is 12.0 Å². The zero-order valence-corrected chi connectivity index (χ0v) is 11.6. The quantitative estimate of drug-likeness (QED) is 0.752. The van der Waals surface area contributed by atoms with E-state index < -0.39 is 23.3 Å². The Morgan fingerprint density at radius 2 is 1.68 bits per heavy atom. The van der Waals surface area contributed by atoms with E-state index in [0.717, 1.165) is 13.1 Å². The second kappa shape index (κ2) is 6.01. The average Bonchev–Trinajstić information content (AvgIpc) is 2.28. The number of amides is 3. The lowest BCUT2D eigenvalue weighted by atomic mass is 9.89. The largest absolute Gasteiger partial charge is 0.481 e. The van der Waals surface area contributed by atoms with Crippen molar-refractivity contribution in [2.75, 3.05) is 33.2 Å². The molecule has 0 spiro atoms. The molecule has 0 aliphatic carbocycles. The van der Waals surface area contributed by atoms with Crippen LogP contribution < -0.4 is 5.32 Å². The van der Waals surface area contributed by atoms with E-state index >= 15 is 0 Å². The lowest BCUT2D eigenvalue weighted by molar-refractivity contribution is -0.149. The van der Waals surface area contributed by atoms with Crippen molar-refractivity contribution in [2.45, 2.75) is 20.3 Å². The Morgan fingerprint density at radius 1 is 1.16 bits per heavy atom. The Bertz CT molecular complexity index is 373. The molecule has 1 rings (SSSR count). The van der Waals surface area contributed by atoms with E-state index in [1.54, 1.807) is 4.90 Å². The number of hydrogen-bond donors (Lipinski definition) is 2. The second-order valence-corrected chi connectivity index (χ2v) is 5.51. The summed E-state index contributed by atoms with van der Waals surface area (Å²) in [7, 11) is 1.97. The van der Waals surface area contributed by atoms with Crippen LogP contribution in [0.1, 0.15) is 20.3 Å². The highest BCUT2D eigenvalue weighted by Gasteiger charge is 2.31. The topological polar surface area (TPSA) is 90.0 Å². The molecule has 0 radical (unpaired) electrons. The van der Waals surface area contributed by atoms with Crippen LogP contribution in [0.4, 0.5) is 4.79 Å². The van der Waals surface area contributed by atoms with E-state index in [1.807, 2.05) is 7.05 Å². The molecule has 0 aromatic rings. The smallest absolute Gasteiger partial charge is 0.324 e. The van der Waals surface area contributed by atoms with Crippen LogP contribution in [0.3, 0.4) is 0 Å². The van der Waals surface area contributed by atoms with Gasteiger partial charge in [0.15, 0.2) is 0 Å². The van der Waals surface area contributed by atoms with Crippen LogP contribution in [0.2, 0.25) is 0 Å². The molecule has 0 atom stereocenters. The summed E-state index contributed by atoms with van der Waals surface area (Å²) in [5.41, 5.74) is -1.17. The van der Waals surface area contributed by atoms with Crippen LogP contribution in [-0.4, -0.2) is 66.0 Å². The predicted molar refractivity (Wildman–Crippen MR) is 68.6 cm³/mol. The summed E-state index contributed by atoms with van der Waals surface area (Å²) in [6.07, 6.45) is -0.220. The van der Waals surface area contributed by atoms with Crippen molar-refractivity contribution in [3.05, 3.63) is 0 Å². The molecule has 7 nitrogen and oxygen atoms in total. The number of carboxylic acid groups (broad SMARTS) is 1. The van der Waals surface area contributed by atoms with Gasteiger partial charge in [-0.25, -0.2) is 4.79 Å². The molecule has 1 fully saturated rings. The fourth-order valence-corrected chi connectivity index (χ4v) is 1.73. The van der Waals surface area contributed by atoms with E-state index in [1.165, 1.54) is 13.8 Å². The summed E-state index contributed by atoms with van der Waals surface area (Å²) in [4.78, 5) is 38.0. The molecule has 19 heavy (non-hydrogen) atoms. The van der Waals surface area contributed by atoms with Gasteiger partial charge in [-0.3, -0.25) is 14.9 Å². The number of carbonyl (C=O) groups is 3. The van der Waals surface area contributed by atoms with Gasteiger partial charge in [-0.1, -0.05) is 0 Å². The molecule has 0 aromatic carbocycles. The van der Waals surface area contributed by atoms with Gasteiger partial charge < -0.3 is 14.9 Å². The fraction of sp³-hybridized carbons (Fsp3) is 0.750. The van der Waals surface area contributed by atoms with Crippen molar-refractivity contribution in [3.8, 4) is 0 Å². The summed E-state index contributed by atoms with van der Waals surface area (Å²) >= 11 is 0. The molecule has 108 valence electrons. The maximum atomic E-state index is 11.8. The molecule has 0 aromatic heterocycles. The van der Waals surface area contributed by atoms with E-state index in [4.69, 9.17) is 5.11 Å². The van der Waals surface area contributed by atoms with E-state index in [9.17, 15) is 14.4 Å². The van der Waals surface area contributed by atoms with Crippen LogP contribution in [0.5, 0.6) is 0 Å². The number of piperazine rings is 1. The van der Waals surface area contributed by atoms with Crippen LogP contribution in [0, 0.1) is 5.41 Å². The number of carbonyl (C=O) groups excluding carboxylic acids is 2. The number of rotatable bonds is 3. The summed E-state index contributed by atoms with van der Waals surface area (Å²) in [6.45, 7) is 5.57. The number of likely N-dealkylation sites (N-methyl/N-ethyl adjacent to an activating group) is 1. The highest BCUT2D eigenvalue weighted by Crippen LogP contribution is 2.20. The molecule has 1 aliphatic heterocycles. The highest BCUT2D eigenvalue weighted by atomic mass is 16.4. The average molecular weight is 271 g/mol. The Morgan fingerprint density at radius 3 is 2.16 bits per heavy atom. The van der Waals surface area contributed by atoms with Gasteiger partial charge in [0.25, 0.3) is 0 Å². The first-order valence-corrected chi connectivity index (χ1v) is 6.23. The molecule has 3 amide bonds. The summed E-state index contributed by atoms with van der Waals surface area (Å²) in [5.74, 6) is -1.62. The minimum Gasteiger partial charge on any atom is -0.481 e. The van der Waals surface area contributed by atoms with Gasteiger partial charge in [-0.05, 0) is 20.9 Å². The molecule has 0 bridgehead atoms. The number of nitrogens with zero attached hydrogens (tertiary/aromatic N) is 2. The number of carboxylic acids is 1. The lowest BCUT2D eigenvalue weighted by Gasteiger charge is -2.32. The number of urea groups is 1. The van der Waals surface area contributed by atoms with Crippen molar-refractivity contribution in [2.24, 2.45) is 5.41 Å². The first-order chi connectivity index (χ1) is 8.72. The third-order valence-electron chi connectivity index (χ3n) is 3.22. The molecule has 7 heteroatoms. The Balaban J connectivity index is 2.44.